The summed E-state index contributed by atoms with van der Waals surface area (Å²) in [5.41, 5.74) is 3.99. The van der Waals surface area contributed by atoms with E-state index in [0.29, 0.717) is 29.0 Å². The molecule has 2 heterocycles. The van der Waals surface area contributed by atoms with E-state index in [2.05, 4.69) is 34.6 Å². The number of hydrogen-bond donors (Lipinski definition) is 2. The second kappa shape index (κ2) is 10.7. The van der Waals surface area contributed by atoms with E-state index >= 15 is 0 Å². The smallest absolute Gasteiger partial charge is 0.336 e. The van der Waals surface area contributed by atoms with Gasteiger partial charge in [0.2, 0.25) is 5.88 Å². The lowest BCUT2D eigenvalue weighted by Crippen LogP contribution is -2.45. The molecule has 0 saturated heterocycles. The van der Waals surface area contributed by atoms with Crippen LogP contribution in [-0.4, -0.2) is 67.0 Å². The van der Waals surface area contributed by atoms with Crippen LogP contribution < -0.4 is 10.1 Å². The molecule has 0 fully saturated rings. The predicted octanol–water partition coefficient (Wildman–Crippen LogP) is 4.47. The number of benzene rings is 2. The number of fused-ring (bicyclic) bond motifs is 2. The monoisotopic (exact) mass is 490 g/mol. The van der Waals surface area contributed by atoms with Gasteiger partial charge in [0.15, 0.2) is 0 Å². The minimum atomic E-state index is -0.446. The van der Waals surface area contributed by atoms with Crippen LogP contribution >= 0.6 is 0 Å². The van der Waals surface area contributed by atoms with Crippen LogP contribution in [0.25, 0.3) is 10.8 Å². The zero-order valence-corrected chi connectivity index (χ0v) is 21.7. The maximum Gasteiger partial charge on any atom is 0.336 e. The van der Waals surface area contributed by atoms with Gasteiger partial charge in [-0.25, -0.2) is 9.78 Å². The summed E-state index contributed by atoms with van der Waals surface area (Å²) in [5.74, 6) is -0.317. The molecule has 0 aliphatic carbocycles. The summed E-state index contributed by atoms with van der Waals surface area (Å²) < 4.78 is 12.3. The number of pyridine rings is 1. The molecule has 0 spiro atoms. The number of rotatable bonds is 9. The van der Waals surface area contributed by atoms with Crippen molar-refractivity contribution in [1.29, 1.82) is 0 Å². The third kappa shape index (κ3) is 5.22. The molecule has 1 aromatic heterocycles. The van der Waals surface area contributed by atoms with Gasteiger partial charge in [-0.3, -0.25) is 0 Å². The maximum absolute atomic E-state index is 13.7. The fraction of sp³-hybridized carbons (Fsp3) is 0.379. The normalized spacial score (nSPS) is 15.6. The van der Waals surface area contributed by atoms with Crippen molar-refractivity contribution < 1.29 is 23.9 Å². The summed E-state index contributed by atoms with van der Waals surface area (Å²) in [4.78, 5) is 18.3. The van der Waals surface area contributed by atoms with Crippen molar-refractivity contribution in [1.82, 2.24) is 4.98 Å². The van der Waals surface area contributed by atoms with Gasteiger partial charge in [-0.05, 0) is 43.2 Å². The Morgan fingerprint density at radius 1 is 1.14 bits per heavy atom. The lowest BCUT2D eigenvalue weighted by molar-refractivity contribution is -0.885. The average Bonchev–Trinajstić information content (AvgIpc) is 2.82. The molecule has 2 aromatic carbocycles. The molecule has 1 aliphatic heterocycles. The van der Waals surface area contributed by atoms with E-state index in [-0.39, 0.29) is 25.3 Å². The highest BCUT2D eigenvalue weighted by Crippen LogP contribution is 2.47. The molecule has 4 rings (SSSR count). The van der Waals surface area contributed by atoms with Gasteiger partial charge in [0.25, 0.3) is 0 Å². The number of hydrogen-bond acceptors (Lipinski definition) is 6. The van der Waals surface area contributed by atoms with Gasteiger partial charge in [-0.1, -0.05) is 42.5 Å². The Kier molecular flexibility index (Phi) is 7.62. The topological polar surface area (TPSA) is 80.7 Å². The Morgan fingerprint density at radius 2 is 1.89 bits per heavy atom. The lowest BCUT2D eigenvalue weighted by Gasteiger charge is -2.36. The molecule has 0 radical (unpaired) electrons. The number of anilines is 1. The van der Waals surface area contributed by atoms with E-state index in [0.717, 1.165) is 33.3 Å². The van der Waals surface area contributed by atoms with E-state index in [1.807, 2.05) is 59.1 Å². The number of quaternary nitrogens is 1. The number of ether oxygens (including phenoxy) is 2. The van der Waals surface area contributed by atoms with Crippen molar-refractivity contribution in [2.75, 3.05) is 45.7 Å². The van der Waals surface area contributed by atoms with Crippen molar-refractivity contribution in [3.8, 4) is 5.88 Å². The molecule has 0 bridgehead atoms. The van der Waals surface area contributed by atoms with Crippen molar-refractivity contribution in [2.45, 2.75) is 32.8 Å². The Balaban J connectivity index is 2.04. The molecular weight excluding hydrogens is 454 g/mol. The molecule has 0 amide bonds. The standard InChI is InChI=1S/C29H35N3O4/c1-6-35-29(34)27-24(18-32(4,5)16-17-33)31-23-14-15-30-28(36-19(2)3)26(23)25(27)22-13-9-11-20-10-7-8-12-21(20)22/h7-15,19,25,33H,6,16-18H2,1-5H3/p+1. The van der Waals surface area contributed by atoms with Crippen molar-refractivity contribution in [2.24, 2.45) is 0 Å². The fourth-order valence-corrected chi connectivity index (χ4v) is 4.87. The number of nitrogens with zero attached hydrogens (tertiary/aromatic N) is 2. The summed E-state index contributed by atoms with van der Waals surface area (Å²) in [6.07, 6.45) is 1.64. The minimum absolute atomic E-state index is 0.0503. The lowest BCUT2D eigenvalue weighted by atomic mass is 9.79. The fourth-order valence-electron chi connectivity index (χ4n) is 4.87. The highest BCUT2D eigenvalue weighted by Gasteiger charge is 2.39. The van der Waals surface area contributed by atoms with E-state index in [1.165, 1.54) is 0 Å². The zero-order valence-electron chi connectivity index (χ0n) is 21.7. The molecule has 1 aliphatic rings. The number of aliphatic hydroxyl groups is 1. The summed E-state index contributed by atoms with van der Waals surface area (Å²) in [6.45, 7) is 7.12. The number of carbonyl (C=O) groups excluding carboxylic acids is 1. The molecule has 1 unspecified atom stereocenters. The number of nitrogens with one attached hydrogen (secondary N) is 1. The van der Waals surface area contributed by atoms with Gasteiger partial charge in [0, 0.05) is 17.4 Å². The third-order valence-electron chi connectivity index (χ3n) is 6.41. The molecule has 3 aromatic rings. The number of esters is 1. The number of likely N-dealkylation sites (N-methyl/N-ethyl adjacent to an activating group) is 1. The Morgan fingerprint density at radius 3 is 2.61 bits per heavy atom. The third-order valence-corrected chi connectivity index (χ3v) is 6.41. The van der Waals surface area contributed by atoms with Crippen LogP contribution in [0.3, 0.4) is 0 Å². The van der Waals surface area contributed by atoms with Crippen molar-refractivity contribution in [3.63, 3.8) is 0 Å². The highest BCUT2D eigenvalue weighted by molar-refractivity contribution is 5.98. The molecule has 7 nitrogen and oxygen atoms in total. The van der Waals surface area contributed by atoms with Crippen molar-refractivity contribution in [3.05, 3.63) is 77.1 Å². The van der Waals surface area contributed by atoms with E-state index in [9.17, 15) is 9.90 Å². The number of aromatic nitrogens is 1. The second-order valence-corrected chi connectivity index (χ2v) is 10.0. The Labute approximate surface area is 213 Å². The molecule has 190 valence electrons. The van der Waals surface area contributed by atoms with Crippen LogP contribution in [0.1, 0.15) is 37.8 Å². The van der Waals surface area contributed by atoms with Gasteiger partial charge >= 0.3 is 5.97 Å². The van der Waals surface area contributed by atoms with Crippen LogP contribution in [0, 0.1) is 0 Å². The number of aliphatic hydroxyl groups excluding tert-OH is 1. The number of carbonyl (C=O) groups is 1. The van der Waals surface area contributed by atoms with Crippen LogP contribution in [0.15, 0.2) is 66.0 Å². The quantitative estimate of drug-likeness (QED) is 0.340. The van der Waals surface area contributed by atoms with E-state index in [1.54, 1.807) is 6.20 Å². The molecule has 36 heavy (non-hydrogen) atoms. The second-order valence-electron chi connectivity index (χ2n) is 10.0. The summed E-state index contributed by atoms with van der Waals surface area (Å²) >= 11 is 0. The van der Waals surface area contributed by atoms with Gasteiger partial charge < -0.3 is 24.4 Å². The average molecular weight is 491 g/mol. The van der Waals surface area contributed by atoms with Gasteiger partial charge in [-0.2, -0.15) is 0 Å². The van der Waals surface area contributed by atoms with E-state index < -0.39 is 5.92 Å². The molecule has 0 saturated carbocycles. The first kappa shape index (κ1) is 25.7. The largest absolute Gasteiger partial charge is 0.475 e. The van der Waals surface area contributed by atoms with E-state index in [4.69, 9.17) is 9.47 Å². The van der Waals surface area contributed by atoms with Crippen LogP contribution in [0.2, 0.25) is 0 Å². The van der Waals surface area contributed by atoms with Crippen LogP contribution in [-0.2, 0) is 9.53 Å². The highest BCUT2D eigenvalue weighted by atomic mass is 16.5. The molecule has 1 atom stereocenters. The Hall–Kier alpha value is -3.42. The van der Waals surface area contributed by atoms with Crippen LogP contribution in [0.4, 0.5) is 5.69 Å². The zero-order chi connectivity index (χ0) is 25.9. The molecule has 2 N–H and O–H groups in total. The SMILES string of the molecule is CCOC(=O)C1=C(C[N+](C)(C)CCO)Nc2ccnc(OC(C)C)c2C1c1cccc2ccccc12. The molecule has 7 heteroatoms. The van der Waals surface area contributed by atoms with Gasteiger partial charge in [0.1, 0.15) is 13.1 Å². The molecular formula is C29H36N3O4+. The minimum Gasteiger partial charge on any atom is -0.475 e. The summed E-state index contributed by atoms with van der Waals surface area (Å²) in [7, 11) is 4.08. The first-order chi connectivity index (χ1) is 17.3. The first-order valence-electron chi connectivity index (χ1n) is 12.5. The summed E-state index contributed by atoms with van der Waals surface area (Å²) in [5, 5.41) is 15.3. The first-order valence-corrected chi connectivity index (χ1v) is 12.5. The predicted molar refractivity (Wildman–Crippen MR) is 142 cm³/mol. The maximum atomic E-state index is 13.7. The van der Waals surface area contributed by atoms with Gasteiger partial charge in [0.05, 0.1) is 50.6 Å². The Bertz CT molecular complexity index is 1280. The summed E-state index contributed by atoms with van der Waals surface area (Å²) in [6, 6.07) is 16.3. The van der Waals surface area contributed by atoms with Crippen LogP contribution in [0.5, 0.6) is 5.88 Å². The van der Waals surface area contributed by atoms with Crippen molar-refractivity contribution >= 4 is 22.4 Å². The van der Waals surface area contributed by atoms with Gasteiger partial charge in [-0.15, -0.1) is 0 Å².